The van der Waals surface area contributed by atoms with Gasteiger partial charge in [-0.2, -0.15) is 5.10 Å². The lowest BCUT2D eigenvalue weighted by atomic mass is 10.0. The van der Waals surface area contributed by atoms with Gasteiger partial charge in [0.1, 0.15) is 6.61 Å². The monoisotopic (exact) mass is 217 g/mol. The Kier molecular flexibility index (Phi) is 1.70. The molecule has 0 fully saturated rings. The van der Waals surface area contributed by atoms with Gasteiger partial charge in [0, 0.05) is 16.5 Å². The maximum absolute atomic E-state index is 11.0. The molecule has 0 saturated carbocycles. The van der Waals surface area contributed by atoms with Gasteiger partial charge in [0.15, 0.2) is 5.71 Å². The van der Waals surface area contributed by atoms with Crippen LogP contribution in [0.4, 0.5) is 0 Å². The molecule has 2 heterocycles. The highest BCUT2D eigenvalue weighted by Gasteiger charge is 2.23. The van der Waals surface area contributed by atoms with E-state index in [0.29, 0.717) is 5.56 Å². The quantitative estimate of drug-likeness (QED) is 0.742. The highest BCUT2D eigenvalue weighted by Crippen LogP contribution is 2.24. The molecule has 0 aliphatic carbocycles. The van der Waals surface area contributed by atoms with Gasteiger partial charge in [0.05, 0.1) is 11.7 Å². The predicted octanol–water partition coefficient (Wildman–Crippen LogP) is 0.882. The second-order valence-corrected chi connectivity index (χ2v) is 3.44. The minimum atomic E-state index is -1.10. The number of oxime groups is 1. The van der Waals surface area contributed by atoms with Crippen molar-refractivity contribution in [2.75, 3.05) is 0 Å². The van der Waals surface area contributed by atoms with Gasteiger partial charge in [-0.3, -0.25) is 5.10 Å². The Morgan fingerprint density at radius 2 is 2.38 bits per heavy atom. The smallest absolute Gasteiger partial charge is 0.358 e. The number of nitrogens with one attached hydrogen (secondary N) is 1. The predicted molar refractivity (Wildman–Crippen MR) is 55.1 cm³/mol. The molecule has 0 saturated heterocycles. The third kappa shape index (κ3) is 1.10. The van der Waals surface area contributed by atoms with Crippen LogP contribution >= 0.6 is 0 Å². The van der Waals surface area contributed by atoms with E-state index in [4.69, 9.17) is 9.94 Å². The first kappa shape index (κ1) is 8.90. The lowest BCUT2D eigenvalue weighted by Crippen LogP contribution is -2.20. The molecule has 0 amide bonds. The van der Waals surface area contributed by atoms with Gasteiger partial charge >= 0.3 is 5.97 Å². The first-order valence-electron chi connectivity index (χ1n) is 4.66. The van der Waals surface area contributed by atoms with Crippen LogP contribution in [0.25, 0.3) is 10.9 Å². The number of carboxylic acids is 1. The first-order chi connectivity index (χ1) is 7.77. The van der Waals surface area contributed by atoms with Crippen LogP contribution in [-0.4, -0.2) is 27.0 Å². The van der Waals surface area contributed by atoms with E-state index in [-0.39, 0.29) is 12.3 Å². The molecule has 1 aliphatic rings. The molecule has 1 aromatic carbocycles. The summed E-state index contributed by atoms with van der Waals surface area (Å²) in [6.07, 6.45) is 1.68. The highest BCUT2D eigenvalue weighted by molar-refractivity contribution is 6.43. The van der Waals surface area contributed by atoms with Crippen molar-refractivity contribution >= 4 is 22.6 Å². The molecule has 6 nitrogen and oxygen atoms in total. The number of H-pyrrole nitrogens is 1. The molecule has 2 aromatic rings. The molecule has 3 rings (SSSR count). The van der Waals surface area contributed by atoms with Crippen molar-refractivity contribution < 1.29 is 14.7 Å². The lowest BCUT2D eigenvalue weighted by molar-refractivity contribution is -0.129. The zero-order valence-electron chi connectivity index (χ0n) is 8.10. The van der Waals surface area contributed by atoms with E-state index in [0.717, 1.165) is 16.5 Å². The van der Waals surface area contributed by atoms with E-state index < -0.39 is 5.97 Å². The van der Waals surface area contributed by atoms with Crippen LogP contribution in [0.1, 0.15) is 11.1 Å². The lowest BCUT2D eigenvalue weighted by Gasteiger charge is -2.14. The zero-order valence-corrected chi connectivity index (χ0v) is 8.10. The van der Waals surface area contributed by atoms with E-state index in [1.54, 1.807) is 18.3 Å². The second-order valence-electron chi connectivity index (χ2n) is 3.44. The van der Waals surface area contributed by atoms with Crippen LogP contribution in [0, 0.1) is 0 Å². The summed E-state index contributed by atoms with van der Waals surface area (Å²) < 4.78 is 0. The fraction of sp³-hybridized carbons (Fsp3) is 0.100. The van der Waals surface area contributed by atoms with Gasteiger partial charge < -0.3 is 9.94 Å². The molecule has 0 bridgehead atoms. The average molecular weight is 217 g/mol. The SMILES string of the molecule is O=C(O)C1=NOCc2c1ccc1cn[nH]c21. The van der Waals surface area contributed by atoms with Gasteiger partial charge in [-0.05, 0) is 0 Å². The number of aromatic nitrogens is 2. The van der Waals surface area contributed by atoms with Crippen molar-refractivity contribution in [1.82, 2.24) is 10.2 Å². The number of fused-ring (bicyclic) bond motifs is 3. The van der Waals surface area contributed by atoms with Crippen LogP contribution in [0.2, 0.25) is 0 Å². The fourth-order valence-corrected chi connectivity index (χ4v) is 1.81. The van der Waals surface area contributed by atoms with Gasteiger partial charge in [-0.25, -0.2) is 4.79 Å². The Bertz CT molecular complexity index is 615. The molecule has 1 aromatic heterocycles. The Hall–Kier alpha value is -2.37. The van der Waals surface area contributed by atoms with Crippen LogP contribution in [0.3, 0.4) is 0 Å². The number of nitrogens with zero attached hydrogens (tertiary/aromatic N) is 2. The van der Waals surface area contributed by atoms with Crippen molar-refractivity contribution in [2.24, 2.45) is 5.16 Å². The number of hydrogen-bond acceptors (Lipinski definition) is 4. The standard InChI is InChI=1S/C10H7N3O3/c14-10(15)9-6-2-1-5-3-11-12-8(5)7(6)4-16-13-9/h1-3H,4H2,(H,11,12)(H,14,15). The summed E-state index contributed by atoms with van der Waals surface area (Å²) in [6, 6.07) is 3.53. The van der Waals surface area contributed by atoms with Crippen molar-refractivity contribution in [2.45, 2.75) is 6.61 Å². The normalized spacial score (nSPS) is 14.1. The summed E-state index contributed by atoms with van der Waals surface area (Å²) in [4.78, 5) is 15.9. The first-order valence-corrected chi connectivity index (χ1v) is 4.66. The molecule has 6 heteroatoms. The minimum absolute atomic E-state index is 0.0715. The fourth-order valence-electron chi connectivity index (χ4n) is 1.81. The summed E-state index contributed by atoms with van der Waals surface area (Å²) in [5.74, 6) is -1.10. The van der Waals surface area contributed by atoms with Crippen LogP contribution < -0.4 is 0 Å². The van der Waals surface area contributed by atoms with Gasteiger partial charge in [0.25, 0.3) is 0 Å². The van der Waals surface area contributed by atoms with Crippen molar-refractivity contribution in [1.29, 1.82) is 0 Å². The Morgan fingerprint density at radius 3 is 3.19 bits per heavy atom. The van der Waals surface area contributed by atoms with E-state index in [9.17, 15) is 4.79 Å². The molecule has 0 atom stereocenters. The molecule has 0 spiro atoms. The molecule has 80 valence electrons. The van der Waals surface area contributed by atoms with Gasteiger partial charge in [-0.1, -0.05) is 17.3 Å². The van der Waals surface area contributed by atoms with Crippen molar-refractivity contribution in [3.8, 4) is 0 Å². The summed E-state index contributed by atoms with van der Waals surface area (Å²) in [7, 11) is 0. The van der Waals surface area contributed by atoms with Crippen LogP contribution in [0.5, 0.6) is 0 Å². The Labute approximate surface area is 89.5 Å². The van der Waals surface area contributed by atoms with Crippen molar-refractivity contribution in [3.63, 3.8) is 0 Å². The van der Waals surface area contributed by atoms with Gasteiger partial charge in [0.2, 0.25) is 0 Å². The van der Waals surface area contributed by atoms with Crippen molar-refractivity contribution in [3.05, 3.63) is 29.5 Å². The maximum atomic E-state index is 11.0. The molecule has 0 unspecified atom stereocenters. The molecule has 2 N–H and O–H groups in total. The minimum Gasteiger partial charge on any atom is -0.476 e. The molecule has 1 aliphatic heterocycles. The largest absolute Gasteiger partial charge is 0.476 e. The maximum Gasteiger partial charge on any atom is 0.358 e. The molecular weight excluding hydrogens is 210 g/mol. The number of aliphatic carboxylic acids is 1. The summed E-state index contributed by atoms with van der Waals surface area (Å²) >= 11 is 0. The number of rotatable bonds is 1. The van der Waals surface area contributed by atoms with Crippen LogP contribution in [-0.2, 0) is 16.2 Å². The number of carboxylic acid groups (broad SMARTS) is 1. The number of carbonyl (C=O) groups is 1. The third-order valence-corrected chi connectivity index (χ3v) is 2.55. The zero-order chi connectivity index (χ0) is 11.1. The number of benzene rings is 1. The Balaban J connectivity index is 2.31. The topological polar surface area (TPSA) is 87.6 Å². The third-order valence-electron chi connectivity index (χ3n) is 2.55. The van der Waals surface area contributed by atoms with Gasteiger partial charge in [-0.15, -0.1) is 0 Å². The molecule has 16 heavy (non-hydrogen) atoms. The average Bonchev–Trinajstić information content (AvgIpc) is 2.76. The van der Waals surface area contributed by atoms with E-state index >= 15 is 0 Å². The number of hydrogen-bond donors (Lipinski definition) is 2. The van der Waals surface area contributed by atoms with E-state index in [2.05, 4.69) is 15.4 Å². The summed E-state index contributed by atoms with van der Waals surface area (Å²) in [6.45, 7) is 0.256. The molecule has 0 radical (unpaired) electrons. The van der Waals surface area contributed by atoms with E-state index in [1.165, 1.54) is 0 Å². The number of aromatic amines is 1. The second kappa shape index (κ2) is 3.06. The van der Waals surface area contributed by atoms with E-state index in [1.807, 2.05) is 0 Å². The van der Waals surface area contributed by atoms with Crippen LogP contribution in [0.15, 0.2) is 23.5 Å². The summed E-state index contributed by atoms with van der Waals surface area (Å²) in [5, 5.41) is 20.2. The molecular formula is C10H7N3O3. The highest BCUT2D eigenvalue weighted by atomic mass is 16.6. The summed E-state index contributed by atoms with van der Waals surface area (Å²) in [5.41, 5.74) is 2.09. The Morgan fingerprint density at radius 1 is 1.50 bits per heavy atom.